The second-order valence-corrected chi connectivity index (χ2v) is 6.52. The van der Waals surface area contributed by atoms with E-state index in [1.54, 1.807) is 28.4 Å². The topological polar surface area (TPSA) is 73.7 Å². The van der Waals surface area contributed by atoms with Gasteiger partial charge in [0.25, 0.3) is 0 Å². The summed E-state index contributed by atoms with van der Waals surface area (Å²) in [7, 11) is 3.13. The van der Waals surface area contributed by atoms with Gasteiger partial charge in [-0.15, -0.1) is 5.10 Å². The number of carbonyl (C=O) groups is 1. The van der Waals surface area contributed by atoms with E-state index in [9.17, 15) is 14.3 Å². The van der Waals surface area contributed by atoms with Gasteiger partial charge in [-0.25, -0.2) is 9.18 Å². The van der Waals surface area contributed by atoms with Crippen LogP contribution in [-0.2, 0) is 23.2 Å². The lowest BCUT2D eigenvalue weighted by Crippen LogP contribution is -3.14. The molecule has 0 amide bonds. The predicted octanol–water partition coefficient (Wildman–Crippen LogP) is -0.0942. The molecule has 1 aromatic heterocycles. The molecule has 25 heavy (non-hydrogen) atoms. The Morgan fingerprint density at radius 2 is 2.16 bits per heavy atom. The molecular formula is C16H20FN4O3S+. The lowest BCUT2D eigenvalue weighted by atomic mass is 10.2. The first-order valence-electron chi connectivity index (χ1n) is 7.91. The summed E-state index contributed by atoms with van der Waals surface area (Å²) in [6, 6.07) is 5.57. The van der Waals surface area contributed by atoms with Crippen LogP contribution in [0.2, 0.25) is 0 Å². The number of carbonyl (C=O) groups excluding carboxylic acids is 1. The van der Waals surface area contributed by atoms with Gasteiger partial charge in [-0.3, -0.25) is 0 Å². The maximum Gasteiger partial charge on any atom is 0.364 e. The van der Waals surface area contributed by atoms with Crippen LogP contribution in [0.1, 0.15) is 6.42 Å². The fourth-order valence-corrected chi connectivity index (χ4v) is 3.37. The fraction of sp³-hybridized carbons (Fsp3) is 0.438. The van der Waals surface area contributed by atoms with Crippen LogP contribution >= 0.6 is 12.2 Å². The van der Waals surface area contributed by atoms with E-state index in [-0.39, 0.29) is 11.8 Å². The van der Waals surface area contributed by atoms with Gasteiger partial charge in [-0.2, -0.15) is 4.68 Å². The summed E-state index contributed by atoms with van der Waals surface area (Å²) in [6.07, 6.45) is -0.207. The number of hydrogen-bond acceptors (Lipinski definition) is 5. The number of likely N-dealkylation sites (tertiary alicyclic amines) is 1. The van der Waals surface area contributed by atoms with Gasteiger partial charge in [-0.1, -0.05) is 0 Å². The summed E-state index contributed by atoms with van der Waals surface area (Å²) in [6.45, 7) is 0.759. The molecule has 7 nitrogen and oxygen atoms in total. The number of nitrogens with zero attached hydrogens (tertiary/aromatic N) is 3. The number of ether oxygens (including phenoxy) is 1. The molecule has 0 spiro atoms. The van der Waals surface area contributed by atoms with Gasteiger partial charge in [0.05, 0.1) is 7.11 Å². The molecule has 1 aliphatic heterocycles. The first-order valence-corrected chi connectivity index (χ1v) is 8.31. The van der Waals surface area contributed by atoms with Gasteiger partial charge in [0.2, 0.25) is 4.77 Å². The Bertz CT molecular complexity index is 833. The number of hydrogen-bond donors (Lipinski definition) is 2. The molecule has 0 saturated carbocycles. The predicted molar refractivity (Wildman–Crippen MR) is 89.7 cm³/mol. The molecule has 1 unspecified atom stereocenters. The number of halogens is 1. The van der Waals surface area contributed by atoms with Crippen molar-refractivity contribution in [2.24, 2.45) is 7.05 Å². The fourth-order valence-electron chi connectivity index (χ4n) is 3.18. The van der Waals surface area contributed by atoms with E-state index in [1.165, 1.54) is 19.2 Å². The van der Waals surface area contributed by atoms with Crippen LogP contribution in [0.5, 0.6) is 0 Å². The first kappa shape index (κ1) is 17.7. The van der Waals surface area contributed by atoms with E-state index in [2.05, 4.69) is 5.10 Å². The van der Waals surface area contributed by atoms with E-state index in [0.29, 0.717) is 30.2 Å². The molecule has 0 radical (unpaired) electrons. The molecule has 3 atom stereocenters. The lowest BCUT2D eigenvalue weighted by Gasteiger charge is -2.18. The van der Waals surface area contributed by atoms with Crippen molar-refractivity contribution in [1.82, 2.24) is 14.3 Å². The highest BCUT2D eigenvalue weighted by molar-refractivity contribution is 7.71. The molecule has 9 heteroatoms. The van der Waals surface area contributed by atoms with Gasteiger partial charge in [0.1, 0.15) is 18.5 Å². The third-order valence-electron chi connectivity index (χ3n) is 4.48. The highest BCUT2D eigenvalue weighted by atomic mass is 32.1. The number of benzene rings is 1. The van der Waals surface area contributed by atoms with Crippen molar-refractivity contribution in [3.05, 3.63) is 34.9 Å². The van der Waals surface area contributed by atoms with Crippen molar-refractivity contribution in [2.45, 2.75) is 25.2 Å². The van der Waals surface area contributed by atoms with Crippen LogP contribution < -0.4 is 4.90 Å². The number of aliphatic hydroxyl groups is 1. The standard InChI is InChI=1S/C16H19FN4O3S/c1-19-14(10-3-5-11(17)6-4-10)18-21(16(19)25)9-20-8-12(22)7-13(20)15(23)24-2/h3-6,12-13,22H,7-9H2,1-2H3/p+1/t12-,13+/m1/s1. The molecule has 1 saturated heterocycles. The highest BCUT2D eigenvalue weighted by Gasteiger charge is 2.41. The van der Waals surface area contributed by atoms with E-state index in [4.69, 9.17) is 17.0 Å². The molecule has 1 aliphatic rings. The van der Waals surface area contributed by atoms with E-state index < -0.39 is 12.1 Å². The molecule has 0 aliphatic carbocycles. The maximum absolute atomic E-state index is 13.1. The van der Waals surface area contributed by atoms with Gasteiger partial charge >= 0.3 is 5.97 Å². The SMILES string of the molecule is COC(=O)[C@@H]1C[C@@H](O)C[NH+]1Cn1nc(-c2ccc(F)cc2)n(C)c1=S. The highest BCUT2D eigenvalue weighted by Crippen LogP contribution is 2.17. The minimum atomic E-state index is -0.562. The van der Waals surface area contributed by atoms with Crippen molar-refractivity contribution >= 4 is 18.2 Å². The normalized spacial score (nSPS) is 23.0. The molecule has 1 fully saturated rings. The Morgan fingerprint density at radius 3 is 2.80 bits per heavy atom. The number of esters is 1. The van der Waals surface area contributed by atoms with Crippen LogP contribution in [0.4, 0.5) is 4.39 Å². The average molecular weight is 367 g/mol. The van der Waals surface area contributed by atoms with Crippen molar-refractivity contribution in [3.8, 4) is 11.4 Å². The van der Waals surface area contributed by atoms with Crippen LogP contribution in [0.3, 0.4) is 0 Å². The summed E-state index contributed by atoms with van der Waals surface area (Å²) in [4.78, 5) is 12.8. The second-order valence-electron chi connectivity index (χ2n) is 6.16. The zero-order valence-electron chi connectivity index (χ0n) is 14.0. The van der Waals surface area contributed by atoms with Crippen molar-refractivity contribution < 1.29 is 23.9 Å². The summed E-state index contributed by atoms with van der Waals surface area (Å²) >= 11 is 5.43. The summed E-state index contributed by atoms with van der Waals surface area (Å²) < 4.78 is 21.8. The summed E-state index contributed by atoms with van der Waals surface area (Å²) in [5.74, 6) is -0.0626. The quantitative estimate of drug-likeness (QED) is 0.584. The van der Waals surface area contributed by atoms with E-state index in [0.717, 1.165) is 10.5 Å². The average Bonchev–Trinajstić information content (AvgIpc) is 3.10. The zero-order chi connectivity index (χ0) is 18.1. The second kappa shape index (κ2) is 7.03. The van der Waals surface area contributed by atoms with E-state index >= 15 is 0 Å². The third-order valence-corrected chi connectivity index (χ3v) is 4.96. The lowest BCUT2D eigenvalue weighted by molar-refractivity contribution is -0.928. The van der Waals surface area contributed by atoms with Gasteiger partial charge in [-0.05, 0) is 36.5 Å². The molecule has 134 valence electrons. The first-order chi connectivity index (χ1) is 11.9. The Balaban J connectivity index is 1.88. The summed E-state index contributed by atoms with van der Waals surface area (Å²) in [5.41, 5.74) is 0.745. The molecule has 2 aromatic rings. The Morgan fingerprint density at radius 1 is 1.48 bits per heavy atom. The molecule has 0 bridgehead atoms. The number of aromatic nitrogens is 3. The van der Waals surface area contributed by atoms with Gasteiger partial charge in [0, 0.05) is 19.0 Å². The minimum absolute atomic E-state index is 0.319. The molecule has 3 rings (SSSR count). The van der Waals surface area contributed by atoms with Gasteiger partial charge < -0.3 is 19.3 Å². The third kappa shape index (κ3) is 3.48. The maximum atomic E-state index is 13.1. The largest absolute Gasteiger partial charge is 0.465 e. The molecule has 1 aromatic carbocycles. The van der Waals surface area contributed by atoms with Crippen LogP contribution in [0.25, 0.3) is 11.4 Å². The number of methoxy groups -OCH3 is 1. The Labute approximate surface area is 149 Å². The number of nitrogens with one attached hydrogen (secondary N) is 1. The monoisotopic (exact) mass is 367 g/mol. The molecule has 2 heterocycles. The number of aliphatic hydroxyl groups excluding tert-OH is 1. The van der Waals surface area contributed by atoms with Gasteiger partial charge in [0.15, 0.2) is 18.5 Å². The smallest absolute Gasteiger partial charge is 0.364 e. The molecular weight excluding hydrogens is 347 g/mol. The van der Waals surface area contributed by atoms with Crippen LogP contribution in [0.15, 0.2) is 24.3 Å². The number of quaternary nitrogens is 1. The Kier molecular flexibility index (Phi) is 4.98. The van der Waals surface area contributed by atoms with Crippen LogP contribution in [-0.4, -0.2) is 51.2 Å². The van der Waals surface area contributed by atoms with Crippen molar-refractivity contribution in [2.75, 3.05) is 13.7 Å². The molecule has 2 N–H and O–H groups in total. The zero-order valence-corrected chi connectivity index (χ0v) is 14.8. The Hall–Kier alpha value is -2.10. The van der Waals surface area contributed by atoms with Crippen molar-refractivity contribution in [3.63, 3.8) is 0 Å². The van der Waals surface area contributed by atoms with Crippen molar-refractivity contribution in [1.29, 1.82) is 0 Å². The summed E-state index contributed by atoms with van der Waals surface area (Å²) in [5, 5.41) is 14.4. The van der Waals surface area contributed by atoms with Crippen LogP contribution in [0, 0.1) is 10.6 Å². The van der Waals surface area contributed by atoms with E-state index in [1.807, 2.05) is 0 Å². The number of rotatable bonds is 4. The minimum Gasteiger partial charge on any atom is -0.465 e.